The fourth-order valence-electron chi connectivity index (χ4n) is 4.40. The van der Waals surface area contributed by atoms with Gasteiger partial charge in [-0.25, -0.2) is 4.98 Å². The molecule has 4 saturated carbocycles. The van der Waals surface area contributed by atoms with E-state index in [1.807, 2.05) is 6.92 Å². The van der Waals surface area contributed by atoms with E-state index in [0.717, 1.165) is 38.2 Å². The summed E-state index contributed by atoms with van der Waals surface area (Å²) in [6.07, 6.45) is 9.61. The van der Waals surface area contributed by atoms with Crippen molar-refractivity contribution < 1.29 is 9.53 Å². The number of carbonyl (C=O) groups is 1. The fraction of sp³-hybridized carbons (Fsp3) is 0.722. The number of hydrogen-bond donors (Lipinski definition) is 3. The highest BCUT2D eigenvalue weighted by atomic mass is 16.5. The van der Waals surface area contributed by atoms with E-state index in [2.05, 4.69) is 20.6 Å². The summed E-state index contributed by atoms with van der Waals surface area (Å²) < 4.78 is 5.70. The van der Waals surface area contributed by atoms with Crippen LogP contribution in [0.2, 0.25) is 0 Å². The second kappa shape index (κ2) is 6.44. The van der Waals surface area contributed by atoms with E-state index >= 15 is 0 Å². The second-order valence-corrected chi connectivity index (χ2v) is 7.78. The van der Waals surface area contributed by atoms with Gasteiger partial charge in [0, 0.05) is 24.4 Å². The molecule has 0 spiro atoms. The van der Waals surface area contributed by atoms with Crippen molar-refractivity contribution in [2.75, 3.05) is 17.2 Å². The Kier molecular flexibility index (Phi) is 4.27. The summed E-state index contributed by atoms with van der Waals surface area (Å²) in [6.45, 7) is 2.82. The second-order valence-electron chi connectivity index (χ2n) is 7.78. The van der Waals surface area contributed by atoms with Crippen LogP contribution in [0.5, 0.6) is 0 Å². The van der Waals surface area contributed by atoms with Crippen LogP contribution >= 0.6 is 0 Å². The molecule has 4 aliphatic carbocycles. The molecule has 0 atom stereocenters. The Morgan fingerprint density at radius 2 is 2.04 bits per heavy atom. The highest BCUT2D eigenvalue weighted by Crippen LogP contribution is 2.58. The smallest absolute Gasteiger partial charge is 0.254 e. The Labute approximate surface area is 148 Å². The highest BCUT2D eigenvalue weighted by Gasteiger charge is 2.57. The lowest BCUT2D eigenvalue weighted by Gasteiger charge is -2.62. The van der Waals surface area contributed by atoms with Gasteiger partial charge in [0.25, 0.3) is 5.91 Å². The topological polar surface area (TPSA) is 102 Å². The number of primary amides is 1. The Morgan fingerprint density at radius 3 is 2.60 bits per heavy atom. The van der Waals surface area contributed by atoms with E-state index in [9.17, 15) is 4.79 Å². The van der Waals surface area contributed by atoms with Crippen LogP contribution in [0.25, 0.3) is 0 Å². The quantitative estimate of drug-likeness (QED) is 0.701. The van der Waals surface area contributed by atoms with E-state index in [1.165, 1.54) is 25.5 Å². The lowest BCUT2D eigenvalue weighted by Crippen LogP contribution is -2.63. The third-order valence-electron chi connectivity index (χ3n) is 5.89. The monoisotopic (exact) mass is 345 g/mol. The molecule has 5 rings (SSSR count). The van der Waals surface area contributed by atoms with Gasteiger partial charge in [0.2, 0.25) is 5.95 Å². The van der Waals surface area contributed by atoms with Crippen LogP contribution in [-0.2, 0) is 4.74 Å². The van der Waals surface area contributed by atoms with Gasteiger partial charge in [-0.2, -0.15) is 4.98 Å². The van der Waals surface area contributed by atoms with Crippen molar-refractivity contribution in [3.05, 3.63) is 11.8 Å². The molecule has 1 aromatic rings. The van der Waals surface area contributed by atoms with E-state index < -0.39 is 5.91 Å². The molecule has 25 heavy (non-hydrogen) atoms. The summed E-state index contributed by atoms with van der Waals surface area (Å²) in [5, 5.41) is 6.87. The van der Waals surface area contributed by atoms with E-state index in [4.69, 9.17) is 10.5 Å². The molecule has 7 nitrogen and oxygen atoms in total. The maximum atomic E-state index is 11.7. The first-order valence-corrected chi connectivity index (χ1v) is 9.40. The molecule has 4 fully saturated rings. The Bertz CT molecular complexity index is 640. The predicted molar refractivity (Wildman–Crippen MR) is 95.5 cm³/mol. The zero-order valence-corrected chi connectivity index (χ0v) is 14.8. The van der Waals surface area contributed by atoms with Crippen LogP contribution in [0.3, 0.4) is 0 Å². The van der Waals surface area contributed by atoms with Crippen molar-refractivity contribution in [3.8, 4) is 0 Å². The standard InChI is InChI=1S/C18H27N5O2/c1-2-25-13-5-3-12(4-6-13)21-17-20-10-14(15(19)24)16(22-17)23-18-7-11(8-18)9-18/h10-13H,2-9H2,1H3,(H2,19,24)(H2,20,21,22,23)/t11?,12-,13-,18?. The van der Waals surface area contributed by atoms with E-state index in [1.54, 1.807) is 0 Å². The number of rotatable bonds is 7. The van der Waals surface area contributed by atoms with Crippen molar-refractivity contribution in [2.24, 2.45) is 11.7 Å². The molecule has 0 unspecified atom stereocenters. The van der Waals surface area contributed by atoms with Crippen LogP contribution in [0.15, 0.2) is 6.20 Å². The van der Waals surface area contributed by atoms with Gasteiger partial charge in [0.15, 0.2) is 0 Å². The molecule has 136 valence electrons. The molecule has 0 saturated heterocycles. The predicted octanol–water partition coefficient (Wildman–Crippen LogP) is 2.30. The molecule has 7 heteroatoms. The molecule has 4 aliphatic rings. The van der Waals surface area contributed by atoms with Crippen molar-refractivity contribution in [1.29, 1.82) is 0 Å². The summed E-state index contributed by atoms with van der Waals surface area (Å²) in [5.41, 5.74) is 6.00. The Morgan fingerprint density at radius 1 is 1.32 bits per heavy atom. The molecule has 4 N–H and O–H groups in total. The molecule has 1 aromatic heterocycles. The molecule has 1 amide bonds. The average Bonchev–Trinajstić information content (AvgIpc) is 2.52. The normalized spacial score (nSPS) is 33.1. The van der Waals surface area contributed by atoms with Gasteiger partial charge in [-0.1, -0.05) is 0 Å². The molecule has 0 aliphatic heterocycles. The third-order valence-corrected chi connectivity index (χ3v) is 5.89. The number of amides is 1. The maximum Gasteiger partial charge on any atom is 0.254 e. The Balaban J connectivity index is 1.42. The first-order valence-electron chi connectivity index (χ1n) is 9.40. The van der Waals surface area contributed by atoms with Crippen molar-refractivity contribution >= 4 is 17.7 Å². The number of anilines is 2. The van der Waals surface area contributed by atoms with Crippen LogP contribution in [0.1, 0.15) is 62.2 Å². The van der Waals surface area contributed by atoms with Crippen molar-refractivity contribution in [1.82, 2.24) is 9.97 Å². The third kappa shape index (κ3) is 3.29. The number of ether oxygens (including phenoxy) is 1. The average molecular weight is 345 g/mol. The SMILES string of the molecule is CCO[C@H]1CC[C@H](Nc2ncc(C(N)=O)c(NC34CC(C3)C4)n2)CC1. The van der Waals surface area contributed by atoms with Gasteiger partial charge in [0.1, 0.15) is 5.82 Å². The van der Waals surface area contributed by atoms with E-state index in [0.29, 0.717) is 29.5 Å². The number of carbonyl (C=O) groups excluding carboxylic acids is 1. The fourth-order valence-corrected chi connectivity index (χ4v) is 4.40. The minimum absolute atomic E-state index is 0.135. The van der Waals surface area contributed by atoms with Crippen LogP contribution in [0, 0.1) is 5.92 Å². The largest absolute Gasteiger partial charge is 0.379 e. The molecular formula is C18H27N5O2. The van der Waals surface area contributed by atoms with Gasteiger partial charge in [-0.15, -0.1) is 0 Å². The zero-order valence-electron chi connectivity index (χ0n) is 14.8. The van der Waals surface area contributed by atoms with Crippen molar-refractivity contribution in [3.63, 3.8) is 0 Å². The van der Waals surface area contributed by atoms with Gasteiger partial charge in [0.05, 0.1) is 11.7 Å². The summed E-state index contributed by atoms with van der Waals surface area (Å²) in [7, 11) is 0. The molecule has 0 radical (unpaired) electrons. The molecular weight excluding hydrogens is 318 g/mol. The minimum atomic E-state index is -0.488. The first-order chi connectivity index (χ1) is 12.1. The molecule has 0 aromatic carbocycles. The lowest BCUT2D eigenvalue weighted by atomic mass is 9.50. The van der Waals surface area contributed by atoms with Gasteiger partial charge >= 0.3 is 0 Å². The minimum Gasteiger partial charge on any atom is -0.379 e. The number of nitrogens with one attached hydrogen (secondary N) is 2. The van der Waals surface area contributed by atoms with Gasteiger partial charge < -0.3 is 21.1 Å². The molecule has 2 bridgehead atoms. The van der Waals surface area contributed by atoms with Gasteiger partial charge in [-0.05, 0) is 57.8 Å². The summed E-state index contributed by atoms with van der Waals surface area (Å²) in [4.78, 5) is 20.6. The molecule has 1 heterocycles. The van der Waals surface area contributed by atoms with Crippen LogP contribution < -0.4 is 16.4 Å². The van der Waals surface area contributed by atoms with Gasteiger partial charge in [-0.3, -0.25) is 4.79 Å². The van der Waals surface area contributed by atoms with Crippen LogP contribution in [-0.4, -0.2) is 40.2 Å². The summed E-state index contributed by atoms with van der Waals surface area (Å²) in [5.74, 6) is 1.51. The zero-order chi connectivity index (χ0) is 17.4. The van der Waals surface area contributed by atoms with Crippen molar-refractivity contribution in [2.45, 2.75) is 69.6 Å². The maximum absolute atomic E-state index is 11.7. The number of aromatic nitrogens is 2. The van der Waals surface area contributed by atoms with E-state index in [-0.39, 0.29) is 5.54 Å². The number of nitrogens with two attached hydrogens (primary N) is 1. The number of hydrogen-bond acceptors (Lipinski definition) is 6. The lowest BCUT2D eigenvalue weighted by molar-refractivity contribution is 0.00176. The Hall–Kier alpha value is -1.89. The highest BCUT2D eigenvalue weighted by molar-refractivity contribution is 5.97. The van der Waals surface area contributed by atoms with Crippen LogP contribution in [0.4, 0.5) is 11.8 Å². The number of nitrogens with zero attached hydrogens (tertiary/aromatic N) is 2. The summed E-state index contributed by atoms with van der Waals surface area (Å²) >= 11 is 0. The first kappa shape index (κ1) is 16.6. The summed E-state index contributed by atoms with van der Waals surface area (Å²) in [6, 6.07) is 0.346.